The summed E-state index contributed by atoms with van der Waals surface area (Å²) in [6.07, 6.45) is 0. The fourth-order valence-corrected chi connectivity index (χ4v) is 1.21. The zero-order valence-corrected chi connectivity index (χ0v) is 9.98. The van der Waals surface area contributed by atoms with Crippen LogP contribution in [0.15, 0.2) is 24.3 Å². The lowest BCUT2D eigenvalue weighted by Gasteiger charge is -2.03. The van der Waals surface area contributed by atoms with Crippen molar-refractivity contribution < 1.29 is 14.3 Å². The SMILES string of the molecule is CCOCC(=O)Oc1ccc(I)cc1. The molecule has 0 heterocycles. The fourth-order valence-electron chi connectivity index (χ4n) is 0.849. The normalized spacial score (nSPS) is 9.86. The molecule has 0 atom stereocenters. The molecule has 0 saturated heterocycles. The second kappa shape index (κ2) is 5.98. The van der Waals surface area contributed by atoms with Crippen LogP contribution in [-0.4, -0.2) is 19.2 Å². The monoisotopic (exact) mass is 306 g/mol. The summed E-state index contributed by atoms with van der Waals surface area (Å²) in [5.41, 5.74) is 0. The quantitative estimate of drug-likeness (QED) is 0.486. The van der Waals surface area contributed by atoms with Gasteiger partial charge in [0.15, 0.2) is 0 Å². The minimum Gasteiger partial charge on any atom is -0.425 e. The van der Waals surface area contributed by atoms with Crippen molar-refractivity contribution >= 4 is 28.6 Å². The zero-order valence-electron chi connectivity index (χ0n) is 7.83. The Morgan fingerprint density at radius 3 is 2.57 bits per heavy atom. The summed E-state index contributed by atoms with van der Waals surface area (Å²) in [6.45, 7) is 2.35. The van der Waals surface area contributed by atoms with E-state index in [1.165, 1.54) is 0 Å². The molecule has 76 valence electrons. The number of esters is 1. The minimum atomic E-state index is -0.368. The first-order valence-electron chi connectivity index (χ1n) is 4.26. The third-order valence-electron chi connectivity index (χ3n) is 1.47. The average Bonchev–Trinajstić information content (AvgIpc) is 2.18. The van der Waals surface area contributed by atoms with Crippen LogP contribution in [0.4, 0.5) is 0 Å². The summed E-state index contributed by atoms with van der Waals surface area (Å²) in [6, 6.07) is 7.27. The molecular formula is C10H11IO3. The lowest BCUT2D eigenvalue weighted by Crippen LogP contribution is -2.15. The molecule has 1 aromatic carbocycles. The molecule has 3 nitrogen and oxygen atoms in total. The van der Waals surface area contributed by atoms with Gasteiger partial charge in [-0.15, -0.1) is 0 Å². The first-order chi connectivity index (χ1) is 6.72. The molecule has 0 aliphatic heterocycles. The summed E-state index contributed by atoms with van der Waals surface area (Å²) in [5, 5.41) is 0. The average molecular weight is 306 g/mol. The Hall–Kier alpha value is -0.620. The fraction of sp³-hybridized carbons (Fsp3) is 0.300. The van der Waals surface area contributed by atoms with E-state index in [1.807, 2.05) is 19.1 Å². The van der Waals surface area contributed by atoms with Gasteiger partial charge >= 0.3 is 5.97 Å². The number of carbonyl (C=O) groups excluding carboxylic acids is 1. The van der Waals surface area contributed by atoms with Crippen LogP contribution in [0, 0.1) is 3.57 Å². The van der Waals surface area contributed by atoms with Gasteiger partial charge in [0.05, 0.1) is 0 Å². The number of benzene rings is 1. The maximum atomic E-state index is 11.1. The Balaban J connectivity index is 2.44. The Morgan fingerprint density at radius 2 is 2.00 bits per heavy atom. The summed E-state index contributed by atoms with van der Waals surface area (Å²) in [4.78, 5) is 11.1. The van der Waals surface area contributed by atoms with Gasteiger partial charge in [0, 0.05) is 10.2 Å². The molecule has 0 saturated carbocycles. The molecule has 0 aliphatic rings. The maximum Gasteiger partial charge on any atom is 0.337 e. The summed E-state index contributed by atoms with van der Waals surface area (Å²) in [7, 11) is 0. The summed E-state index contributed by atoms with van der Waals surface area (Å²) >= 11 is 2.19. The Bertz CT molecular complexity index is 295. The van der Waals surface area contributed by atoms with Crippen LogP contribution in [0.1, 0.15) is 6.92 Å². The molecule has 0 bridgehead atoms. The van der Waals surface area contributed by atoms with Crippen molar-refractivity contribution in [1.29, 1.82) is 0 Å². The first-order valence-corrected chi connectivity index (χ1v) is 5.34. The molecule has 0 spiro atoms. The van der Waals surface area contributed by atoms with Crippen LogP contribution < -0.4 is 4.74 Å². The first kappa shape index (κ1) is 11.5. The van der Waals surface area contributed by atoms with Gasteiger partial charge in [-0.05, 0) is 53.8 Å². The van der Waals surface area contributed by atoms with Crippen LogP contribution in [0.2, 0.25) is 0 Å². The number of rotatable bonds is 4. The van der Waals surface area contributed by atoms with Crippen molar-refractivity contribution in [1.82, 2.24) is 0 Å². The van der Waals surface area contributed by atoms with E-state index in [-0.39, 0.29) is 12.6 Å². The molecule has 4 heteroatoms. The van der Waals surface area contributed by atoms with Crippen LogP contribution in [0.5, 0.6) is 5.75 Å². The molecule has 0 amide bonds. The predicted molar refractivity (Wildman–Crippen MR) is 61.3 cm³/mol. The molecule has 0 fully saturated rings. The lowest BCUT2D eigenvalue weighted by atomic mass is 10.3. The number of hydrogen-bond donors (Lipinski definition) is 0. The van der Waals surface area contributed by atoms with Crippen LogP contribution in [0.3, 0.4) is 0 Å². The van der Waals surface area contributed by atoms with Crippen molar-refractivity contribution in [2.24, 2.45) is 0 Å². The van der Waals surface area contributed by atoms with E-state index < -0.39 is 0 Å². The number of hydrogen-bond acceptors (Lipinski definition) is 3. The second-order valence-corrected chi connectivity index (χ2v) is 3.81. The number of carbonyl (C=O) groups is 1. The van der Waals surface area contributed by atoms with Crippen molar-refractivity contribution in [3.63, 3.8) is 0 Å². The van der Waals surface area contributed by atoms with E-state index >= 15 is 0 Å². The highest BCUT2D eigenvalue weighted by molar-refractivity contribution is 14.1. The van der Waals surface area contributed by atoms with E-state index in [4.69, 9.17) is 9.47 Å². The second-order valence-electron chi connectivity index (χ2n) is 2.57. The van der Waals surface area contributed by atoms with Gasteiger partial charge in [-0.3, -0.25) is 0 Å². The van der Waals surface area contributed by atoms with E-state index in [2.05, 4.69) is 22.6 Å². The Kier molecular flexibility index (Phi) is 4.89. The van der Waals surface area contributed by atoms with Gasteiger partial charge in [0.25, 0.3) is 0 Å². The standard InChI is InChI=1S/C10H11IO3/c1-2-13-7-10(12)14-9-5-3-8(11)4-6-9/h3-6H,2,7H2,1H3. The van der Waals surface area contributed by atoms with Crippen LogP contribution in [0.25, 0.3) is 0 Å². The summed E-state index contributed by atoms with van der Waals surface area (Å²) < 4.78 is 11.0. The highest BCUT2D eigenvalue weighted by atomic mass is 127. The summed E-state index contributed by atoms with van der Waals surface area (Å²) in [5.74, 6) is 0.183. The van der Waals surface area contributed by atoms with Gasteiger partial charge in [0.2, 0.25) is 0 Å². The molecular weight excluding hydrogens is 295 g/mol. The molecule has 14 heavy (non-hydrogen) atoms. The van der Waals surface area contributed by atoms with Crippen molar-refractivity contribution in [3.8, 4) is 5.75 Å². The van der Waals surface area contributed by atoms with Crippen LogP contribution >= 0.6 is 22.6 Å². The third kappa shape index (κ3) is 4.06. The highest BCUT2D eigenvalue weighted by Crippen LogP contribution is 2.13. The Labute approximate surface area is 96.5 Å². The molecule has 0 aliphatic carbocycles. The predicted octanol–water partition coefficient (Wildman–Crippen LogP) is 2.23. The van der Waals surface area contributed by atoms with Crippen molar-refractivity contribution in [2.45, 2.75) is 6.92 Å². The molecule has 0 radical (unpaired) electrons. The van der Waals surface area contributed by atoms with E-state index in [0.717, 1.165) is 3.57 Å². The lowest BCUT2D eigenvalue weighted by molar-refractivity contribution is -0.139. The Morgan fingerprint density at radius 1 is 1.36 bits per heavy atom. The van der Waals surface area contributed by atoms with Gasteiger partial charge in [0.1, 0.15) is 12.4 Å². The number of halogens is 1. The maximum absolute atomic E-state index is 11.1. The highest BCUT2D eigenvalue weighted by Gasteiger charge is 2.03. The largest absolute Gasteiger partial charge is 0.425 e. The van der Waals surface area contributed by atoms with Gasteiger partial charge < -0.3 is 9.47 Å². The molecule has 1 aromatic rings. The van der Waals surface area contributed by atoms with Gasteiger partial charge in [-0.25, -0.2) is 4.79 Å². The van der Waals surface area contributed by atoms with E-state index in [1.54, 1.807) is 12.1 Å². The zero-order chi connectivity index (χ0) is 10.4. The van der Waals surface area contributed by atoms with E-state index in [9.17, 15) is 4.79 Å². The van der Waals surface area contributed by atoms with Crippen LogP contribution in [-0.2, 0) is 9.53 Å². The van der Waals surface area contributed by atoms with E-state index in [0.29, 0.717) is 12.4 Å². The topological polar surface area (TPSA) is 35.5 Å². The van der Waals surface area contributed by atoms with Gasteiger partial charge in [-0.1, -0.05) is 0 Å². The van der Waals surface area contributed by atoms with Gasteiger partial charge in [-0.2, -0.15) is 0 Å². The molecule has 0 unspecified atom stereocenters. The smallest absolute Gasteiger partial charge is 0.337 e. The minimum absolute atomic E-state index is 0.00247. The van der Waals surface area contributed by atoms with Crippen molar-refractivity contribution in [3.05, 3.63) is 27.8 Å². The number of ether oxygens (including phenoxy) is 2. The molecule has 0 N–H and O–H groups in total. The van der Waals surface area contributed by atoms with Crippen molar-refractivity contribution in [2.75, 3.05) is 13.2 Å². The molecule has 0 aromatic heterocycles. The molecule has 1 rings (SSSR count). The third-order valence-corrected chi connectivity index (χ3v) is 2.19.